The summed E-state index contributed by atoms with van der Waals surface area (Å²) in [5.41, 5.74) is 0.390. The van der Waals surface area contributed by atoms with Crippen molar-refractivity contribution in [2.75, 3.05) is 25.5 Å². The maximum absolute atomic E-state index is 11.7. The lowest BCUT2D eigenvalue weighted by Gasteiger charge is -2.26. The van der Waals surface area contributed by atoms with Crippen LogP contribution in [0.5, 0.6) is 11.5 Å². The number of nitrogens with one attached hydrogen (secondary N) is 2. The molecule has 1 heterocycles. The molecule has 1 aliphatic rings. The van der Waals surface area contributed by atoms with Gasteiger partial charge in [-0.2, -0.15) is 0 Å². The van der Waals surface area contributed by atoms with E-state index in [2.05, 4.69) is 10.6 Å². The van der Waals surface area contributed by atoms with E-state index in [0.717, 1.165) is 13.1 Å². The van der Waals surface area contributed by atoms with Crippen LogP contribution in [0.3, 0.4) is 0 Å². The smallest absolute Gasteiger partial charge is 0.224 e. The van der Waals surface area contributed by atoms with Crippen molar-refractivity contribution >= 4 is 11.6 Å². The second kappa shape index (κ2) is 5.05. The molecule has 0 atom stereocenters. The second-order valence-electron chi connectivity index (χ2n) is 4.16. The predicted molar refractivity (Wildman–Crippen MR) is 64.3 cm³/mol. The highest BCUT2D eigenvalue weighted by molar-refractivity contribution is 5.92. The zero-order chi connectivity index (χ0) is 12.3. The van der Waals surface area contributed by atoms with E-state index < -0.39 is 0 Å². The van der Waals surface area contributed by atoms with Crippen molar-refractivity contribution in [1.29, 1.82) is 0 Å². The Hall–Kier alpha value is -1.75. The molecule has 1 aromatic carbocycles. The van der Waals surface area contributed by atoms with Gasteiger partial charge in [-0.15, -0.1) is 0 Å². The molecule has 0 saturated carbocycles. The Morgan fingerprint density at radius 1 is 1.59 bits per heavy atom. The molecule has 2 rings (SSSR count). The van der Waals surface area contributed by atoms with Crippen molar-refractivity contribution in [3.05, 3.63) is 18.2 Å². The van der Waals surface area contributed by atoms with Crippen molar-refractivity contribution in [3.8, 4) is 11.5 Å². The number of aromatic hydroxyl groups is 1. The number of phenols is 1. The minimum atomic E-state index is -0.0833. The number of carbonyl (C=O) groups excluding carboxylic acids is 1. The number of amides is 1. The molecule has 1 aromatic rings. The third-order valence-electron chi connectivity index (χ3n) is 2.82. The van der Waals surface area contributed by atoms with E-state index >= 15 is 0 Å². The summed E-state index contributed by atoms with van der Waals surface area (Å²) >= 11 is 0. The molecule has 5 heteroatoms. The number of rotatable bonds is 4. The van der Waals surface area contributed by atoms with Gasteiger partial charge in [0.05, 0.1) is 12.8 Å². The minimum absolute atomic E-state index is 0.0471. The Kier molecular flexibility index (Phi) is 3.49. The molecule has 1 fully saturated rings. The highest BCUT2D eigenvalue weighted by Gasteiger charge is 2.20. The fraction of sp³-hybridized carbons (Fsp3) is 0.417. The Bertz CT molecular complexity index is 416. The van der Waals surface area contributed by atoms with Gasteiger partial charge in [-0.25, -0.2) is 0 Å². The van der Waals surface area contributed by atoms with Crippen LogP contribution in [-0.4, -0.2) is 31.2 Å². The van der Waals surface area contributed by atoms with Gasteiger partial charge in [0.25, 0.3) is 0 Å². The molecule has 0 unspecified atom stereocenters. The van der Waals surface area contributed by atoms with Crippen LogP contribution in [-0.2, 0) is 4.79 Å². The highest BCUT2D eigenvalue weighted by Crippen LogP contribution is 2.28. The monoisotopic (exact) mass is 236 g/mol. The molecule has 1 amide bonds. The van der Waals surface area contributed by atoms with Crippen LogP contribution in [0.4, 0.5) is 5.69 Å². The standard InChI is InChI=1S/C12H16N2O3/c1-17-9-2-3-11(15)10(5-9)14-12(16)4-8-6-13-7-8/h2-3,5,8,13,15H,4,6-7H2,1H3,(H,14,16). The number of anilines is 1. The molecule has 0 spiro atoms. The Balaban J connectivity index is 1.98. The summed E-state index contributed by atoms with van der Waals surface area (Å²) in [5.74, 6) is 0.970. The number of hydrogen-bond donors (Lipinski definition) is 3. The molecule has 1 saturated heterocycles. The quantitative estimate of drug-likeness (QED) is 0.681. The first-order valence-corrected chi connectivity index (χ1v) is 5.56. The van der Waals surface area contributed by atoms with Crippen LogP contribution >= 0.6 is 0 Å². The lowest BCUT2D eigenvalue weighted by atomic mass is 9.99. The summed E-state index contributed by atoms with van der Waals surface area (Å²) in [5, 5.41) is 15.4. The summed E-state index contributed by atoms with van der Waals surface area (Å²) in [6.07, 6.45) is 0.476. The van der Waals surface area contributed by atoms with E-state index in [4.69, 9.17) is 4.74 Å². The van der Waals surface area contributed by atoms with Gasteiger partial charge in [-0.1, -0.05) is 0 Å². The van der Waals surface area contributed by atoms with Crippen molar-refractivity contribution in [3.63, 3.8) is 0 Å². The van der Waals surface area contributed by atoms with Crippen LogP contribution in [0.1, 0.15) is 6.42 Å². The summed E-state index contributed by atoms with van der Waals surface area (Å²) < 4.78 is 5.03. The molecular formula is C12H16N2O3. The third kappa shape index (κ3) is 2.88. The maximum Gasteiger partial charge on any atom is 0.224 e. The number of benzene rings is 1. The number of ether oxygens (including phenoxy) is 1. The third-order valence-corrected chi connectivity index (χ3v) is 2.82. The van der Waals surface area contributed by atoms with Crippen molar-refractivity contribution in [2.45, 2.75) is 6.42 Å². The van der Waals surface area contributed by atoms with E-state index in [1.807, 2.05) is 0 Å². The van der Waals surface area contributed by atoms with Crippen LogP contribution in [0.2, 0.25) is 0 Å². The van der Waals surface area contributed by atoms with E-state index in [0.29, 0.717) is 23.8 Å². The van der Waals surface area contributed by atoms with Gasteiger partial charge < -0.3 is 20.5 Å². The summed E-state index contributed by atoms with van der Waals surface area (Å²) in [6.45, 7) is 1.77. The minimum Gasteiger partial charge on any atom is -0.506 e. The molecule has 92 valence electrons. The fourth-order valence-corrected chi connectivity index (χ4v) is 1.70. The van der Waals surface area contributed by atoms with Gasteiger partial charge in [-0.3, -0.25) is 4.79 Å². The molecule has 0 bridgehead atoms. The van der Waals surface area contributed by atoms with Gasteiger partial charge in [0.2, 0.25) is 5.91 Å². The van der Waals surface area contributed by atoms with Crippen molar-refractivity contribution in [1.82, 2.24) is 5.32 Å². The number of carbonyl (C=O) groups is 1. The van der Waals surface area contributed by atoms with Gasteiger partial charge in [0.15, 0.2) is 0 Å². The number of hydrogen-bond acceptors (Lipinski definition) is 4. The van der Waals surface area contributed by atoms with Crippen LogP contribution in [0.15, 0.2) is 18.2 Å². The summed E-state index contributed by atoms with van der Waals surface area (Å²) in [7, 11) is 1.54. The summed E-state index contributed by atoms with van der Waals surface area (Å²) in [4.78, 5) is 11.7. The van der Waals surface area contributed by atoms with E-state index in [9.17, 15) is 9.90 Å². The van der Waals surface area contributed by atoms with Gasteiger partial charge in [0.1, 0.15) is 11.5 Å². The summed E-state index contributed by atoms with van der Waals surface area (Å²) in [6, 6.07) is 4.74. The molecule has 0 aromatic heterocycles. The highest BCUT2D eigenvalue weighted by atomic mass is 16.5. The molecule has 3 N–H and O–H groups in total. The normalized spacial score (nSPS) is 15.1. The molecule has 0 radical (unpaired) electrons. The molecule has 0 aliphatic carbocycles. The van der Waals surface area contributed by atoms with E-state index in [-0.39, 0.29) is 11.7 Å². The largest absolute Gasteiger partial charge is 0.506 e. The SMILES string of the molecule is COc1ccc(O)c(NC(=O)CC2CNC2)c1. The molecular weight excluding hydrogens is 220 g/mol. The lowest BCUT2D eigenvalue weighted by molar-refractivity contribution is -0.117. The van der Waals surface area contributed by atoms with Crippen LogP contribution in [0.25, 0.3) is 0 Å². The zero-order valence-corrected chi connectivity index (χ0v) is 9.69. The second-order valence-corrected chi connectivity index (χ2v) is 4.16. The lowest BCUT2D eigenvalue weighted by Crippen LogP contribution is -2.43. The Morgan fingerprint density at radius 2 is 2.35 bits per heavy atom. The van der Waals surface area contributed by atoms with E-state index in [1.165, 1.54) is 13.2 Å². The zero-order valence-electron chi connectivity index (χ0n) is 9.69. The molecule has 5 nitrogen and oxygen atoms in total. The topological polar surface area (TPSA) is 70.6 Å². The van der Waals surface area contributed by atoms with Crippen LogP contribution in [0, 0.1) is 5.92 Å². The van der Waals surface area contributed by atoms with Crippen molar-refractivity contribution < 1.29 is 14.6 Å². The molecule has 17 heavy (non-hydrogen) atoms. The van der Waals surface area contributed by atoms with E-state index in [1.54, 1.807) is 12.1 Å². The van der Waals surface area contributed by atoms with Crippen LogP contribution < -0.4 is 15.4 Å². The number of phenolic OH excluding ortho intramolecular Hbond substituents is 1. The fourth-order valence-electron chi connectivity index (χ4n) is 1.70. The number of methoxy groups -OCH3 is 1. The Morgan fingerprint density at radius 3 is 2.94 bits per heavy atom. The predicted octanol–water partition coefficient (Wildman–Crippen LogP) is 0.949. The first kappa shape index (κ1) is 11.7. The average Bonchev–Trinajstić information content (AvgIpc) is 2.27. The average molecular weight is 236 g/mol. The maximum atomic E-state index is 11.7. The van der Waals surface area contributed by atoms with Gasteiger partial charge in [0, 0.05) is 12.5 Å². The first-order chi connectivity index (χ1) is 8.19. The Labute approximate surface area is 99.8 Å². The molecule has 1 aliphatic heterocycles. The van der Waals surface area contributed by atoms with Crippen molar-refractivity contribution in [2.24, 2.45) is 5.92 Å². The van der Waals surface area contributed by atoms with Gasteiger partial charge >= 0.3 is 0 Å². The first-order valence-electron chi connectivity index (χ1n) is 5.56. The van der Waals surface area contributed by atoms with Gasteiger partial charge in [-0.05, 0) is 31.1 Å².